The number of H-pyrrole nitrogens is 1. The van der Waals surface area contributed by atoms with E-state index in [-0.39, 0.29) is 29.7 Å². The minimum atomic E-state index is -0.306. The molecule has 29 heavy (non-hydrogen) atoms. The fourth-order valence-electron chi connectivity index (χ4n) is 4.52. The first kappa shape index (κ1) is 17.7. The molecule has 2 aliphatic rings. The molecular formula is C21H17ClN6O. The highest BCUT2D eigenvalue weighted by molar-refractivity contribution is 6.34. The van der Waals surface area contributed by atoms with Crippen molar-refractivity contribution in [2.24, 2.45) is 23.5 Å². The number of carbonyl (C=O) groups excluding carboxylic acids is 1. The Bertz CT molecular complexity index is 1210. The Kier molecular flexibility index (Phi) is 4.03. The van der Waals surface area contributed by atoms with Gasteiger partial charge in [0.05, 0.1) is 34.5 Å². The van der Waals surface area contributed by atoms with Crippen LogP contribution in [0.1, 0.15) is 12.0 Å². The number of hydrogen-bond acceptors (Lipinski definition) is 5. The third-order valence-electron chi connectivity index (χ3n) is 5.84. The zero-order valence-electron chi connectivity index (χ0n) is 15.3. The molecule has 144 valence electrons. The molecule has 2 bridgehead atoms. The van der Waals surface area contributed by atoms with Crippen molar-refractivity contribution in [3.05, 3.63) is 53.2 Å². The third-order valence-corrected chi connectivity index (χ3v) is 6.12. The number of pyridine rings is 1. The number of primary amides is 1. The molecule has 3 aromatic rings. The van der Waals surface area contributed by atoms with Gasteiger partial charge in [0.1, 0.15) is 11.3 Å². The van der Waals surface area contributed by atoms with Crippen LogP contribution in [0.5, 0.6) is 0 Å². The summed E-state index contributed by atoms with van der Waals surface area (Å²) in [7, 11) is 0. The van der Waals surface area contributed by atoms with Gasteiger partial charge in [-0.3, -0.25) is 4.79 Å². The molecule has 1 amide bonds. The van der Waals surface area contributed by atoms with E-state index in [1.807, 2.05) is 6.07 Å². The quantitative estimate of drug-likeness (QED) is 0.576. The zero-order chi connectivity index (χ0) is 20.1. The van der Waals surface area contributed by atoms with Gasteiger partial charge in [0.2, 0.25) is 5.91 Å². The number of nitrogens with zero attached hydrogens (tertiary/aromatic N) is 3. The van der Waals surface area contributed by atoms with E-state index in [4.69, 9.17) is 22.6 Å². The fourth-order valence-corrected chi connectivity index (χ4v) is 4.72. The number of benzene rings is 1. The monoisotopic (exact) mass is 404 g/mol. The Morgan fingerprint density at radius 1 is 1.34 bits per heavy atom. The van der Waals surface area contributed by atoms with Crippen molar-refractivity contribution in [3.63, 3.8) is 0 Å². The van der Waals surface area contributed by atoms with Crippen LogP contribution in [0.25, 0.3) is 22.6 Å². The first-order valence-corrected chi connectivity index (χ1v) is 9.72. The molecule has 5 rings (SSSR count). The molecule has 2 heterocycles. The largest absolute Gasteiger partial charge is 0.378 e. The van der Waals surface area contributed by atoms with Gasteiger partial charge >= 0.3 is 0 Å². The topological polar surface area (TPSA) is 120 Å². The number of allylic oxidation sites excluding steroid dienone is 1. The van der Waals surface area contributed by atoms with E-state index in [0.29, 0.717) is 33.3 Å². The second-order valence-electron chi connectivity index (χ2n) is 7.50. The number of carbonyl (C=O) groups is 1. The van der Waals surface area contributed by atoms with Crippen molar-refractivity contribution in [1.29, 1.82) is 5.26 Å². The van der Waals surface area contributed by atoms with E-state index in [9.17, 15) is 4.79 Å². The van der Waals surface area contributed by atoms with E-state index < -0.39 is 0 Å². The summed E-state index contributed by atoms with van der Waals surface area (Å²) in [4.78, 5) is 24.2. The number of rotatable bonds is 4. The lowest BCUT2D eigenvalue weighted by atomic mass is 9.88. The number of nitriles is 1. The van der Waals surface area contributed by atoms with Crippen molar-refractivity contribution in [3.8, 4) is 17.5 Å². The molecule has 4 N–H and O–H groups in total. The lowest BCUT2D eigenvalue weighted by molar-refractivity contribution is -0.122. The summed E-state index contributed by atoms with van der Waals surface area (Å²) in [6.07, 6.45) is 6.68. The summed E-state index contributed by atoms with van der Waals surface area (Å²) in [6.45, 7) is 0. The number of halogens is 1. The molecule has 2 aliphatic carbocycles. The highest BCUT2D eigenvalue weighted by Crippen LogP contribution is 2.46. The molecule has 0 aliphatic heterocycles. The first-order valence-electron chi connectivity index (χ1n) is 9.34. The summed E-state index contributed by atoms with van der Waals surface area (Å²) < 4.78 is 0. The highest BCUT2D eigenvalue weighted by Gasteiger charge is 2.47. The van der Waals surface area contributed by atoms with Gasteiger partial charge in [-0.15, -0.1) is 0 Å². The zero-order valence-corrected chi connectivity index (χ0v) is 16.0. The summed E-state index contributed by atoms with van der Waals surface area (Å²) >= 11 is 6.46. The van der Waals surface area contributed by atoms with Gasteiger partial charge in [0, 0.05) is 11.6 Å². The van der Waals surface area contributed by atoms with Crippen molar-refractivity contribution in [1.82, 2.24) is 15.0 Å². The van der Waals surface area contributed by atoms with Gasteiger partial charge in [-0.05, 0) is 30.4 Å². The van der Waals surface area contributed by atoms with Crippen LogP contribution < -0.4 is 11.1 Å². The van der Waals surface area contributed by atoms with Crippen molar-refractivity contribution in [2.75, 3.05) is 5.32 Å². The number of amides is 1. The molecule has 1 saturated carbocycles. The van der Waals surface area contributed by atoms with Crippen LogP contribution in [-0.4, -0.2) is 26.9 Å². The second-order valence-corrected chi connectivity index (χ2v) is 7.91. The van der Waals surface area contributed by atoms with E-state index in [1.165, 1.54) is 0 Å². The van der Waals surface area contributed by atoms with E-state index in [0.717, 1.165) is 12.0 Å². The van der Waals surface area contributed by atoms with Crippen LogP contribution in [0.2, 0.25) is 5.02 Å². The molecule has 8 heteroatoms. The van der Waals surface area contributed by atoms with Crippen LogP contribution in [0.4, 0.5) is 5.69 Å². The average Bonchev–Trinajstić information content (AvgIpc) is 3.44. The number of aromatic amines is 1. The van der Waals surface area contributed by atoms with E-state index in [1.54, 1.807) is 24.4 Å². The summed E-state index contributed by atoms with van der Waals surface area (Å²) in [5.74, 6) is 0.399. The second kappa shape index (κ2) is 6.61. The van der Waals surface area contributed by atoms with Crippen molar-refractivity contribution in [2.45, 2.75) is 12.5 Å². The smallest absolute Gasteiger partial charge is 0.223 e. The summed E-state index contributed by atoms with van der Waals surface area (Å²) in [6, 6.07) is 9.18. The molecule has 1 fully saturated rings. The Morgan fingerprint density at radius 3 is 2.97 bits per heavy atom. The van der Waals surface area contributed by atoms with Crippen LogP contribution in [-0.2, 0) is 4.79 Å². The predicted molar refractivity (Wildman–Crippen MR) is 110 cm³/mol. The molecule has 1 aromatic carbocycles. The normalized spacial score (nSPS) is 24.7. The molecule has 2 unspecified atom stereocenters. The minimum absolute atomic E-state index is 0.126. The Balaban J connectivity index is 1.57. The van der Waals surface area contributed by atoms with Crippen LogP contribution in [0.3, 0.4) is 0 Å². The molecule has 0 saturated heterocycles. The number of nitrogens with two attached hydrogens (primary N) is 1. The van der Waals surface area contributed by atoms with Crippen LogP contribution >= 0.6 is 11.6 Å². The number of anilines is 1. The maximum Gasteiger partial charge on any atom is 0.223 e. The third kappa shape index (κ3) is 2.84. The number of aromatic nitrogens is 3. The van der Waals surface area contributed by atoms with E-state index >= 15 is 0 Å². The molecular weight excluding hydrogens is 388 g/mol. The van der Waals surface area contributed by atoms with Gasteiger partial charge in [0.15, 0.2) is 5.65 Å². The Hall–Kier alpha value is -3.37. The average molecular weight is 405 g/mol. The molecule has 4 atom stereocenters. The molecule has 0 spiro atoms. The van der Waals surface area contributed by atoms with Crippen LogP contribution in [0.15, 0.2) is 42.6 Å². The van der Waals surface area contributed by atoms with E-state index in [2.05, 4.69) is 38.5 Å². The lowest BCUT2D eigenvalue weighted by Crippen LogP contribution is -2.41. The molecule has 7 nitrogen and oxygen atoms in total. The number of nitrogens with one attached hydrogen (secondary N) is 2. The SMILES string of the molecule is N#Cc1cccc(-c2nc3ncc(Cl)c(NC4C(C(N)=O)[C@@H]5C=C[C@H]4C5)c3[nH]2)c1. The van der Waals surface area contributed by atoms with Gasteiger partial charge < -0.3 is 16.0 Å². The lowest BCUT2D eigenvalue weighted by Gasteiger charge is -2.28. The van der Waals surface area contributed by atoms with Crippen molar-refractivity contribution < 1.29 is 4.79 Å². The van der Waals surface area contributed by atoms with Gasteiger partial charge in [-0.2, -0.15) is 5.26 Å². The van der Waals surface area contributed by atoms with Gasteiger partial charge in [-0.25, -0.2) is 9.97 Å². The summed E-state index contributed by atoms with van der Waals surface area (Å²) in [5, 5.41) is 13.0. The van der Waals surface area contributed by atoms with Gasteiger partial charge in [0.25, 0.3) is 0 Å². The summed E-state index contributed by atoms with van der Waals surface area (Å²) in [5.41, 5.74) is 8.83. The predicted octanol–water partition coefficient (Wildman–Crippen LogP) is 3.24. The Labute approximate surface area is 171 Å². The molecule has 0 radical (unpaired) electrons. The maximum atomic E-state index is 12.0. The standard InChI is InChI=1S/C21H17ClN6O/c22-14-9-25-21-18(27-20(28-21)13-3-1-2-10(6-13)8-23)17(14)26-16-12-5-4-11(7-12)15(16)19(24)29/h1-6,9,11-12,15-16H,7H2,(H2,24,29)(H2,25,26,27,28)/t11-,12+,15?,16?/m1/s1. The van der Waals surface area contributed by atoms with Gasteiger partial charge in [-0.1, -0.05) is 35.9 Å². The number of fused-ring (bicyclic) bond motifs is 3. The number of imidazole rings is 1. The Morgan fingerprint density at radius 2 is 2.17 bits per heavy atom. The maximum absolute atomic E-state index is 12.0. The molecule has 2 aromatic heterocycles. The highest BCUT2D eigenvalue weighted by atomic mass is 35.5. The fraction of sp³-hybridized carbons (Fsp3) is 0.238. The number of hydrogen-bond donors (Lipinski definition) is 3. The van der Waals surface area contributed by atoms with Crippen molar-refractivity contribution >= 4 is 34.4 Å². The van der Waals surface area contributed by atoms with Crippen LogP contribution in [0, 0.1) is 29.1 Å². The first-order chi connectivity index (χ1) is 14.0. The minimum Gasteiger partial charge on any atom is -0.378 e.